The number of nitrogens with zero attached hydrogens (tertiary/aromatic N) is 1. The summed E-state index contributed by atoms with van der Waals surface area (Å²) in [6, 6.07) is 14.3. The summed E-state index contributed by atoms with van der Waals surface area (Å²) in [7, 11) is 1.90. The molecule has 0 radical (unpaired) electrons. The van der Waals surface area contributed by atoms with Crippen LogP contribution in [0.2, 0.25) is 0 Å². The van der Waals surface area contributed by atoms with Gasteiger partial charge in [-0.3, -0.25) is 9.69 Å². The molecule has 5 heteroatoms. The molecule has 0 aliphatic heterocycles. The van der Waals surface area contributed by atoms with Gasteiger partial charge in [-0.2, -0.15) is 0 Å². The molecule has 1 N–H and O–H groups in total. The molecule has 0 saturated heterocycles. The number of carbonyl (C=O) groups is 1. The van der Waals surface area contributed by atoms with Gasteiger partial charge in [0, 0.05) is 22.9 Å². The summed E-state index contributed by atoms with van der Waals surface area (Å²) in [6.07, 6.45) is 0. The molecular formula is C18H21FN2OS. The highest BCUT2D eigenvalue weighted by Gasteiger charge is 2.07. The summed E-state index contributed by atoms with van der Waals surface area (Å²) in [6.45, 7) is 3.15. The van der Waals surface area contributed by atoms with Gasteiger partial charge in [-0.25, -0.2) is 4.39 Å². The Morgan fingerprint density at radius 3 is 2.65 bits per heavy atom. The van der Waals surface area contributed by atoms with E-state index in [9.17, 15) is 9.18 Å². The van der Waals surface area contributed by atoms with Crippen molar-refractivity contribution in [2.45, 2.75) is 11.8 Å². The van der Waals surface area contributed by atoms with E-state index in [1.165, 1.54) is 22.6 Å². The monoisotopic (exact) mass is 332 g/mol. The molecule has 0 unspecified atom stereocenters. The molecule has 0 bridgehead atoms. The van der Waals surface area contributed by atoms with E-state index in [0.29, 0.717) is 5.69 Å². The van der Waals surface area contributed by atoms with E-state index in [-0.39, 0.29) is 18.3 Å². The Labute approximate surface area is 140 Å². The van der Waals surface area contributed by atoms with E-state index in [4.69, 9.17) is 0 Å². The Kier molecular flexibility index (Phi) is 6.62. The van der Waals surface area contributed by atoms with E-state index in [1.807, 2.05) is 11.9 Å². The topological polar surface area (TPSA) is 32.3 Å². The van der Waals surface area contributed by atoms with Crippen molar-refractivity contribution < 1.29 is 9.18 Å². The molecule has 0 heterocycles. The summed E-state index contributed by atoms with van der Waals surface area (Å²) in [4.78, 5) is 15.1. The molecule has 0 fully saturated rings. The number of likely N-dealkylation sites (N-methyl/N-ethyl adjacent to an activating group) is 1. The van der Waals surface area contributed by atoms with Gasteiger partial charge < -0.3 is 5.32 Å². The number of benzene rings is 2. The van der Waals surface area contributed by atoms with Crippen molar-refractivity contribution in [3.8, 4) is 0 Å². The fourth-order valence-electron chi connectivity index (χ4n) is 2.04. The summed E-state index contributed by atoms with van der Waals surface area (Å²) < 4.78 is 13.1. The number of anilines is 1. The van der Waals surface area contributed by atoms with Crippen LogP contribution < -0.4 is 5.32 Å². The zero-order chi connectivity index (χ0) is 16.7. The molecule has 1 amide bonds. The molecule has 23 heavy (non-hydrogen) atoms. The van der Waals surface area contributed by atoms with Crippen molar-refractivity contribution in [2.75, 3.05) is 31.2 Å². The number of rotatable bonds is 7. The van der Waals surface area contributed by atoms with Gasteiger partial charge in [0.25, 0.3) is 0 Å². The third kappa shape index (κ3) is 6.42. The maximum absolute atomic E-state index is 13.1. The second-order valence-corrected chi connectivity index (χ2v) is 6.63. The second kappa shape index (κ2) is 8.70. The van der Waals surface area contributed by atoms with Crippen molar-refractivity contribution >= 4 is 23.4 Å². The fraction of sp³-hybridized carbons (Fsp3) is 0.278. The zero-order valence-electron chi connectivity index (χ0n) is 13.4. The van der Waals surface area contributed by atoms with Crippen molar-refractivity contribution in [2.24, 2.45) is 0 Å². The highest BCUT2D eigenvalue weighted by molar-refractivity contribution is 7.99. The van der Waals surface area contributed by atoms with Crippen molar-refractivity contribution in [3.05, 3.63) is 59.9 Å². The van der Waals surface area contributed by atoms with Gasteiger partial charge in [0.05, 0.1) is 6.54 Å². The number of hydrogen-bond donors (Lipinski definition) is 1. The van der Waals surface area contributed by atoms with Gasteiger partial charge in [-0.05, 0) is 44.3 Å². The molecule has 3 nitrogen and oxygen atoms in total. The van der Waals surface area contributed by atoms with E-state index >= 15 is 0 Å². The molecule has 0 aromatic heterocycles. The first kappa shape index (κ1) is 17.5. The minimum atomic E-state index is -0.356. The predicted octanol–water partition coefficient (Wildman–Crippen LogP) is 3.80. The maximum atomic E-state index is 13.1. The average Bonchev–Trinajstić information content (AvgIpc) is 2.49. The molecule has 2 aromatic rings. The van der Waals surface area contributed by atoms with Gasteiger partial charge in [0.15, 0.2) is 0 Å². The number of aryl methyl sites for hydroxylation is 1. The summed E-state index contributed by atoms with van der Waals surface area (Å²) in [5, 5.41) is 2.70. The molecule has 2 rings (SSSR count). The number of thioether (sulfide) groups is 1. The largest absolute Gasteiger partial charge is 0.325 e. The van der Waals surface area contributed by atoms with E-state index in [0.717, 1.165) is 12.3 Å². The van der Waals surface area contributed by atoms with Crippen LogP contribution in [0.1, 0.15) is 5.56 Å². The third-order valence-electron chi connectivity index (χ3n) is 3.28. The maximum Gasteiger partial charge on any atom is 0.238 e. The number of hydrogen-bond acceptors (Lipinski definition) is 3. The highest BCUT2D eigenvalue weighted by atomic mass is 32.2. The van der Waals surface area contributed by atoms with Crippen molar-refractivity contribution in [1.29, 1.82) is 0 Å². The first-order chi connectivity index (χ1) is 11.0. The third-order valence-corrected chi connectivity index (χ3v) is 4.28. The Bertz CT molecular complexity index is 646. The fourth-order valence-corrected chi connectivity index (χ4v) is 3.01. The second-order valence-electron chi connectivity index (χ2n) is 5.46. The average molecular weight is 332 g/mol. The first-order valence-electron chi connectivity index (χ1n) is 7.46. The Morgan fingerprint density at radius 1 is 1.22 bits per heavy atom. The summed E-state index contributed by atoms with van der Waals surface area (Å²) in [5.41, 5.74) is 1.73. The number of carbonyl (C=O) groups excluding carboxylic acids is 1. The Hall–Kier alpha value is -1.85. The molecule has 2 aromatic carbocycles. The molecule has 0 saturated carbocycles. The lowest BCUT2D eigenvalue weighted by atomic mass is 10.2. The van der Waals surface area contributed by atoms with Crippen LogP contribution in [-0.4, -0.2) is 36.7 Å². The van der Waals surface area contributed by atoms with E-state index in [2.05, 4.69) is 36.5 Å². The van der Waals surface area contributed by atoms with E-state index < -0.39 is 0 Å². The molecule has 0 spiro atoms. The molecule has 0 aliphatic carbocycles. The van der Waals surface area contributed by atoms with Crippen LogP contribution in [-0.2, 0) is 4.79 Å². The van der Waals surface area contributed by atoms with Gasteiger partial charge in [-0.15, -0.1) is 11.8 Å². The minimum absolute atomic E-state index is 0.140. The zero-order valence-corrected chi connectivity index (χ0v) is 14.2. The first-order valence-corrected chi connectivity index (χ1v) is 8.45. The van der Waals surface area contributed by atoms with Crippen LogP contribution in [0.15, 0.2) is 53.4 Å². The van der Waals surface area contributed by atoms with Crippen molar-refractivity contribution in [3.63, 3.8) is 0 Å². The van der Waals surface area contributed by atoms with Crippen LogP contribution >= 0.6 is 11.8 Å². The van der Waals surface area contributed by atoms with Crippen LogP contribution in [0.5, 0.6) is 0 Å². The lowest BCUT2D eigenvalue weighted by Crippen LogP contribution is -2.31. The quantitative estimate of drug-likeness (QED) is 0.783. The number of nitrogens with one attached hydrogen (secondary N) is 1. The van der Waals surface area contributed by atoms with Crippen LogP contribution in [0.4, 0.5) is 10.1 Å². The van der Waals surface area contributed by atoms with Gasteiger partial charge in [-0.1, -0.05) is 23.8 Å². The van der Waals surface area contributed by atoms with Gasteiger partial charge in [0.2, 0.25) is 5.91 Å². The Morgan fingerprint density at radius 2 is 1.96 bits per heavy atom. The molecule has 122 valence electrons. The standard InChI is InChI=1S/C18H21FN2OS/c1-14-6-8-17(9-7-14)23-11-10-21(2)13-18(22)20-16-5-3-4-15(19)12-16/h3-9,12H,10-11,13H2,1-2H3,(H,20,22). The number of halogens is 1. The van der Waals surface area contributed by atoms with Gasteiger partial charge >= 0.3 is 0 Å². The van der Waals surface area contributed by atoms with Gasteiger partial charge in [0.1, 0.15) is 5.82 Å². The molecule has 0 atom stereocenters. The lowest BCUT2D eigenvalue weighted by molar-refractivity contribution is -0.117. The molecule has 0 aliphatic rings. The predicted molar refractivity (Wildman–Crippen MR) is 94.4 cm³/mol. The SMILES string of the molecule is Cc1ccc(SCCN(C)CC(=O)Nc2cccc(F)c2)cc1. The summed E-state index contributed by atoms with van der Waals surface area (Å²) >= 11 is 1.77. The van der Waals surface area contributed by atoms with Crippen LogP contribution in [0.25, 0.3) is 0 Å². The number of amides is 1. The van der Waals surface area contributed by atoms with E-state index in [1.54, 1.807) is 23.9 Å². The Balaban J connectivity index is 1.70. The lowest BCUT2D eigenvalue weighted by Gasteiger charge is -2.16. The molecular weight excluding hydrogens is 311 g/mol. The normalized spacial score (nSPS) is 10.8. The highest BCUT2D eigenvalue weighted by Crippen LogP contribution is 2.18. The van der Waals surface area contributed by atoms with Crippen molar-refractivity contribution in [1.82, 2.24) is 4.90 Å². The smallest absolute Gasteiger partial charge is 0.238 e. The van der Waals surface area contributed by atoms with Crippen LogP contribution in [0.3, 0.4) is 0 Å². The minimum Gasteiger partial charge on any atom is -0.325 e. The summed E-state index contributed by atoms with van der Waals surface area (Å²) in [5.74, 6) is 0.413. The van der Waals surface area contributed by atoms with Crippen LogP contribution in [0, 0.1) is 12.7 Å².